The largest absolute Gasteiger partial charge is 0.497 e. The van der Waals surface area contributed by atoms with Gasteiger partial charge in [-0.05, 0) is 74.6 Å². The summed E-state index contributed by atoms with van der Waals surface area (Å²) in [5.41, 5.74) is 3.00. The standard InChI is InChI=1S/C24H28N4O3/c1-16(19-7-8-19)27(15-18-5-11-21(30-3)12-6-18)24(29)23-17(2)28(26-25-23)20-9-13-22(31-4)14-10-20/h5-6,9-14,16,19H,7-8,15H2,1-4H3. The zero-order valence-electron chi connectivity index (χ0n) is 18.4. The molecule has 2 aromatic carbocycles. The zero-order chi connectivity index (χ0) is 22.0. The Morgan fingerprint density at radius 3 is 2.19 bits per heavy atom. The lowest BCUT2D eigenvalue weighted by Gasteiger charge is -2.29. The van der Waals surface area contributed by atoms with E-state index in [0.29, 0.717) is 18.2 Å². The van der Waals surface area contributed by atoms with Crippen LogP contribution in [0.3, 0.4) is 0 Å². The van der Waals surface area contributed by atoms with Crippen molar-refractivity contribution in [2.75, 3.05) is 14.2 Å². The molecule has 31 heavy (non-hydrogen) atoms. The number of ether oxygens (including phenoxy) is 2. The van der Waals surface area contributed by atoms with Crippen LogP contribution in [0.1, 0.15) is 41.5 Å². The van der Waals surface area contributed by atoms with Gasteiger partial charge in [0, 0.05) is 12.6 Å². The maximum atomic E-state index is 13.6. The van der Waals surface area contributed by atoms with Crippen LogP contribution in [-0.2, 0) is 6.54 Å². The normalized spacial score (nSPS) is 14.2. The summed E-state index contributed by atoms with van der Waals surface area (Å²) in [7, 11) is 3.28. The molecular weight excluding hydrogens is 392 g/mol. The van der Waals surface area contributed by atoms with Gasteiger partial charge in [0.1, 0.15) is 11.5 Å². The van der Waals surface area contributed by atoms with E-state index >= 15 is 0 Å². The summed E-state index contributed by atoms with van der Waals surface area (Å²) >= 11 is 0. The lowest BCUT2D eigenvalue weighted by Crippen LogP contribution is -2.40. The van der Waals surface area contributed by atoms with E-state index in [1.165, 1.54) is 0 Å². The third-order valence-corrected chi connectivity index (χ3v) is 5.98. The van der Waals surface area contributed by atoms with Crippen LogP contribution >= 0.6 is 0 Å². The number of methoxy groups -OCH3 is 2. The summed E-state index contributed by atoms with van der Waals surface area (Å²) in [6.07, 6.45) is 2.32. The minimum atomic E-state index is -0.0903. The fourth-order valence-electron chi connectivity index (χ4n) is 3.79. The van der Waals surface area contributed by atoms with Crippen molar-refractivity contribution in [3.05, 3.63) is 65.5 Å². The second kappa shape index (κ2) is 8.79. The number of carbonyl (C=O) groups is 1. The Bertz CT molecular complexity index is 1040. The van der Waals surface area contributed by atoms with Gasteiger partial charge in [0.25, 0.3) is 5.91 Å². The second-order valence-corrected chi connectivity index (χ2v) is 7.99. The molecule has 162 valence electrons. The molecule has 1 atom stereocenters. The highest BCUT2D eigenvalue weighted by atomic mass is 16.5. The molecule has 0 radical (unpaired) electrons. The molecule has 4 rings (SSSR count). The predicted octanol–water partition coefficient (Wildman–Crippen LogP) is 4.03. The maximum absolute atomic E-state index is 13.6. The summed E-state index contributed by atoms with van der Waals surface area (Å²) in [4.78, 5) is 15.5. The summed E-state index contributed by atoms with van der Waals surface area (Å²) in [5.74, 6) is 2.02. The average molecular weight is 421 g/mol. The van der Waals surface area contributed by atoms with Crippen molar-refractivity contribution in [3.63, 3.8) is 0 Å². The van der Waals surface area contributed by atoms with Crippen molar-refractivity contribution in [1.82, 2.24) is 19.9 Å². The van der Waals surface area contributed by atoms with Gasteiger partial charge in [0.15, 0.2) is 5.69 Å². The number of nitrogens with zero attached hydrogens (tertiary/aromatic N) is 4. The smallest absolute Gasteiger partial charge is 0.276 e. The topological polar surface area (TPSA) is 69.5 Å². The maximum Gasteiger partial charge on any atom is 0.276 e. The van der Waals surface area contributed by atoms with Crippen LogP contribution in [0.15, 0.2) is 48.5 Å². The lowest BCUT2D eigenvalue weighted by molar-refractivity contribution is 0.0647. The van der Waals surface area contributed by atoms with Crippen molar-refractivity contribution in [1.29, 1.82) is 0 Å². The quantitative estimate of drug-likeness (QED) is 0.550. The molecule has 0 bridgehead atoms. The monoisotopic (exact) mass is 420 g/mol. The second-order valence-electron chi connectivity index (χ2n) is 7.99. The van der Waals surface area contributed by atoms with E-state index in [1.807, 2.05) is 60.4 Å². The van der Waals surface area contributed by atoms with Gasteiger partial charge >= 0.3 is 0 Å². The Morgan fingerprint density at radius 1 is 1.06 bits per heavy atom. The van der Waals surface area contributed by atoms with Crippen LogP contribution < -0.4 is 9.47 Å². The van der Waals surface area contributed by atoms with E-state index in [2.05, 4.69) is 17.2 Å². The molecule has 7 nitrogen and oxygen atoms in total. The fraction of sp³-hybridized carbons (Fsp3) is 0.375. The van der Waals surface area contributed by atoms with E-state index in [-0.39, 0.29) is 11.9 Å². The zero-order valence-corrected chi connectivity index (χ0v) is 18.4. The van der Waals surface area contributed by atoms with Gasteiger partial charge in [-0.25, -0.2) is 4.68 Å². The summed E-state index contributed by atoms with van der Waals surface area (Å²) in [6, 6.07) is 15.5. The van der Waals surface area contributed by atoms with Crippen LogP contribution in [0.4, 0.5) is 0 Å². The van der Waals surface area contributed by atoms with E-state index < -0.39 is 0 Å². The first-order chi connectivity index (χ1) is 15.0. The minimum Gasteiger partial charge on any atom is -0.497 e. The first kappa shape index (κ1) is 20.9. The molecule has 0 aliphatic heterocycles. The predicted molar refractivity (Wildman–Crippen MR) is 118 cm³/mol. The Kier molecular flexibility index (Phi) is 5.93. The third kappa shape index (κ3) is 4.40. The SMILES string of the molecule is COc1ccc(CN(C(=O)c2nnn(-c3ccc(OC)cc3)c2C)C(C)C2CC2)cc1. The van der Waals surface area contributed by atoms with Crippen LogP contribution in [-0.4, -0.2) is 46.1 Å². The first-order valence-electron chi connectivity index (χ1n) is 10.5. The highest BCUT2D eigenvalue weighted by Crippen LogP contribution is 2.36. The number of aromatic nitrogens is 3. The van der Waals surface area contributed by atoms with Gasteiger partial charge < -0.3 is 14.4 Å². The number of amides is 1. The molecule has 1 aliphatic rings. The molecule has 1 aromatic heterocycles. The molecule has 1 amide bonds. The highest BCUT2D eigenvalue weighted by Gasteiger charge is 2.36. The van der Waals surface area contributed by atoms with Crippen molar-refractivity contribution < 1.29 is 14.3 Å². The Hall–Kier alpha value is -3.35. The molecule has 1 fully saturated rings. The van der Waals surface area contributed by atoms with E-state index in [4.69, 9.17) is 9.47 Å². The summed E-state index contributed by atoms with van der Waals surface area (Å²) in [5, 5.41) is 8.51. The molecule has 3 aromatic rings. The lowest BCUT2D eigenvalue weighted by atomic mass is 10.1. The molecule has 0 spiro atoms. The molecule has 7 heteroatoms. The van der Waals surface area contributed by atoms with Gasteiger partial charge in [-0.2, -0.15) is 0 Å². The Morgan fingerprint density at radius 2 is 1.65 bits per heavy atom. The number of hydrogen-bond donors (Lipinski definition) is 0. The molecular formula is C24H28N4O3. The molecule has 1 saturated carbocycles. The van der Waals surface area contributed by atoms with Crippen LogP contribution in [0, 0.1) is 12.8 Å². The molecule has 0 N–H and O–H groups in total. The number of hydrogen-bond acceptors (Lipinski definition) is 5. The number of benzene rings is 2. The van der Waals surface area contributed by atoms with Gasteiger partial charge in [-0.15, -0.1) is 5.10 Å². The van der Waals surface area contributed by atoms with Crippen molar-refractivity contribution in [3.8, 4) is 17.2 Å². The van der Waals surface area contributed by atoms with Gasteiger partial charge in [-0.3, -0.25) is 4.79 Å². The summed E-state index contributed by atoms with van der Waals surface area (Å²) in [6.45, 7) is 4.53. The van der Waals surface area contributed by atoms with Crippen molar-refractivity contribution in [2.45, 2.75) is 39.3 Å². The number of carbonyl (C=O) groups excluding carboxylic acids is 1. The van der Waals surface area contributed by atoms with Crippen molar-refractivity contribution in [2.24, 2.45) is 5.92 Å². The fourth-order valence-corrected chi connectivity index (χ4v) is 3.79. The molecule has 1 aliphatic carbocycles. The van der Waals surface area contributed by atoms with Crippen LogP contribution in [0.25, 0.3) is 5.69 Å². The van der Waals surface area contributed by atoms with E-state index in [0.717, 1.165) is 41.3 Å². The van der Waals surface area contributed by atoms with E-state index in [9.17, 15) is 4.79 Å². The Labute approximate surface area is 182 Å². The molecule has 1 unspecified atom stereocenters. The molecule has 0 saturated heterocycles. The number of rotatable bonds is 8. The third-order valence-electron chi connectivity index (χ3n) is 5.98. The Balaban J connectivity index is 1.61. The highest BCUT2D eigenvalue weighted by molar-refractivity contribution is 5.93. The first-order valence-corrected chi connectivity index (χ1v) is 10.5. The molecule has 1 heterocycles. The average Bonchev–Trinajstić information content (AvgIpc) is 3.59. The van der Waals surface area contributed by atoms with Gasteiger partial charge in [-0.1, -0.05) is 17.3 Å². The van der Waals surface area contributed by atoms with Crippen LogP contribution in [0.2, 0.25) is 0 Å². The van der Waals surface area contributed by atoms with E-state index in [1.54, 1.807) is 18.9 Å². The van der Waals surface area contributed by atoms with Gasteiger partial charge in [0.05, 0.1) is 25.6 Å². The summed E-state index contributed by atoms with van der Waals surface area (Å²) < 4.78 is 12.2. The minimum absolute atomic E-state index is 0.0903. The van der Waals surface area contributed by atoms with Crippen molar-refractivity contribution >= 4 is 5.91 Å². The van der Waals surface area contributed by atoms with Gasteiger partial charge in [0.2, 0.25) is 0 Å². The van der Waals surface area contributed by atoms with Crippen LogP contribution in [0.5, 0.6) is 11.5 Å².